The molecule has 0 spiro atoms. The molecule has 0 radical (unpaired) electrons. The van der Waals surface area contributed by atoms with E-state index in [1.165, 1.54) is 12.1 Å². The Morgan fingerprint density at radius 3 is 1.79 bits per heavy atom. The molecule has 14 heavy (non-hydrogen) atoms. The third kappa shape index (κ3) is 5.77. The van der Waals surface area contributed by atoms with Crippen molar-refractivity contribution in [3.8, 4) is 5.75 Å². The van der Waals surface area contributed by atoms with Gasteiger partial charge in [-0.1, -0.05) is 0 Å². The zero-order chi connectivity index (χ0) is 9.19. The summed E-state index contributed by atoms with van der Waals surface area (Å²) in [6, 6.07) is 4.98. The van der Waals surface area contributed by atoms with Gasteiger partial charge >= 0.3 is 6.36 Å². The molecular formula is C7H8Cl2F3NO. The van der Waals surface area contributed by atoms with Crippen LogP contribution in [-0.2, 0) is 0 Å². The van der Waals surface area contributed by atoms with Crippen LogP contribution in [0.2, 0.25) is 0 Å². The SMILES string of the molecule is Cl.Cl.Nc1ccc(OC(F)(F)F)cc1. The molecule has 1 aromatic carbocycles. The average molecular weight is 250 g/mol. The number of nitrogens with two attached hydrogens (primary N) is 1. The quantitative estimate of drug-likeness (QED) is 0.777. The second-order valence-electron chi connectivity index (χ2n) is 2.12. The van der Waals surface area contributed by atoms with Gasteiger partial charge in [0.15, 0.2) is 0 Å². The number of rotatable bonds is 1. The first-order chi connectivity index (χ1) is 5.47. The number of alkyl halides is 3. The Hall–Kier alpha value is -0.810. The summed E-state index contributed by atoms with van der Waals surface area (Å²) >= 11 is 0. The smallest absolute Gasteiger partial charge is 0.406 e. The molecule has 1 rings (SSSR count). The minimum Gasteiger partial charge on any atom is -0.406 e. The Morgan fingerprint density at radius 2 is 1.43 bits per heavy atom. The highest BCUT2D eigenvalue weighted by atomic mass is 35.5. The third-order valence-corrected chi connectivity index (χ3v) is 1.11. The number of ether oxygens (including phenoxy) is 1. The topological polar surface area (TPSA) is 35.2 Å². The van der Waals surface area contributed by atoms with E-state index in [4.69, 9.17) is 5.73 Å². The molecule has 0 aliphatic rings. The van der Waals surface area contributed by atoms with E-state index in [2.05, 4.69) is 4.74 Å². The van der Waals surface area contributed by atoms with Gasteiger partial charge in [-0.05, 0) is 24.3 Å². The number of halogens is 5. The number of nitrogen functional groups attached to an aromatic ring is 1. The fourth-order valence-corrected chi connectivity index (χ4v) is 0.669. The number of anilines is 1. The minimum absolute atomic E-state index is 0. The van der Waals surface area contributed by atoms with Crippen molar-refractivity contribution >= 4 is 30.5 Å². The van der Waals surface area contributed by atoms with E-state index < -0.39 is 6.36 Å². The van der Waals surface area contributed by atoms with Crippen LogP contribution in [0.4, 0.5) is 18.9 Å². The molecule has 1 aromatic rings. The molecule has 0 bridgehead atoms. The van der Waals surface area contributed by atoms with E-state index in [0.717, 1.165) is 12.1 Å². The van der Waals surface area contributed by atoms with Crippen LogP contribution in [-0.4, -0.2) is 6.36 Å². The Labute approximate surface area is 91.1 Å². The maximum atomic E-state index is 11.6. The molecule has 0 heterocycles. The standard InChI is InChI=1S/C7H6F3NO.2ClH/c8-7(9,10)12-6-3-1-5(11)2-4-6;;/h1-4H,11H2;2*1H. The zero-order valence-electron chi connectivity index (χ0n) is 6.75. The molecule has 0 saturated carbocycles. The molecule has 0 atom stereocenters. The number of hydrogen-bond acceptors (Lipinski definition) is 2. The molecule has 7 heteroatoms. The summed E-state index contributed by atoms with van der Waals surface area (Å²) in [5.74, 6) is -0.267. The van der Waals surface area contributed by atoms with E-state index in [0.29, 0.717) is 5.69 Å². The van der Waals surface area contributed by atoms with Gasteiger partial charge in [0.2, 0.25) is 0 Å². The van der Waals surface area contributed by atoms with Gasteiger partial charge in [-0.15, -0.1) is 38.0 Å². The van der Waals surface area contributed by atoms with E-state index in [-0.39, 0.29) is 30.6 Å². The van der Waals surface area contributed by atoms with Gasteiger partial charge in [0.1, 0.15) is 5.75 Å². The van der Waals surface area contributed by atoms with Crippen molar-refractivity contribution in [2.75, 3.05) is 5.73 Å². The van der Waals surface area contributed by atoms with E-state index in [1.54, 1.807) is 0 Å². The highest BCUT2D eigenvalue weighted by molar-refractivity contribution is 5.85. The molecule has 2 N–H and O–H groups in total. The molecule has 0 aliphatic carbocycles. The van der Waals surface area contributed by atoms with Crippen molar-refractivity contribution < 1.29 is 17.9 Å². The first-order valence-corrected chi connectivity index (χ1v) is 3.09. The molecule has 0 aromatic heterocycles. The maximum absolute atomic E-state index is 11.6. The lowest BCUT2D eigenvalue weighted by Gasteiger charge is -2.07. The fraction of sp³-hybridized carbons (Fsp3) is 0.143. The molecule has 0 amide bonds. The average Bonchev–Trinajstić information content (AvgIpc) is 1.91. The summed E-state index contributed by atoms with van der Waals surface area (Å²) in [5, 5.41) is 0. The van der Waals surface area contributed by atoms with Crippen molar-refractivity contribution in [2.24, 2.45) is 0 Å². The van der Waals surface area contributed by atoms with Gasteiger partial charge in [0.25, 0.3) is 0 Å². The maximum Gasteiger partial charge on any atom is 0.573 e. The van der Waals surface area contributed by atoms with Gasteiger partial charge in [0, 0.05) is 5.69 Å². The predicted octanol–water partition coefficient (Wildman–Crippen LogP) is 3.01. The summed E-state index contributed by atoms with van der Waals surface area (Å²) < 4.78 is 38.4. The van der Waals surface area contributed by atoms with Gasteiger partial charge < -0.3 is 10.5 Å². The molecule has 0 fully saturated rings. The molecular weight excluding hydrogens is 242 g/mol. The van der Waals surface area contributed by atoms with Crippen LogP contribution < -0.4 is 10.5 Å². The minimum atomic E-state index is -4.64. The lowest BCUT2D eigenvalue weighted by Crippen LogP contribution is -2.16. The van der Waals surface area contributed by atoms with Gasteiger partial charge in [0.05, 0.1) is 0 Å². The molecule has 82 valence electrons. The first kappa shape index (κ1) is 15.7. The lowest BCUT2D eigenvalue weighted by atomic mass is 10.3. The second-order valence-corrected chi connectivity index (χ2v) is 2.12. The Kier molecular flexibility index (Phi) is 6.51. The summed E-state index contributed by atoms with van der Waals surface area (Å²) in [4.78, 5) is 0. The zero-order valence-corrected chi connectivity index (χ0v) is 8.38. The van der Waals surface area contributed by atoms with Crippen LogP contribution in [0, 0.1) is 0 Å². The predicted molar refractivity (Wildman–Crippen MR) is 52.0 cm³/mol. The molecule has 0 saturated heterocycles. The van der Waals surface area contributed by atoms with Gasteiger partial charge in [-0.2, -0.15) is 0 Å². The van der Waals surface area contributed by atoms with Crippen LogP contribution in [0.3, 0.4) is 0 Å². The van der Waals surface area contributed by atoms with Crippen molar-refractivity contribution in [2.45, 2.75) is 6.36 Å². The normalized spacial score (nSPS) is 9.64. The van der Waals surface area contributed by atoms with Gasteiger partial charge in [-0.25, -0.2) is 0 Å². The van der Waals surface area contributed by atoms with E-state index >= 15 is 0 Å². The first-order valence-electron chi connectivity index (χ1n) is 3.09. The van der Waals surface area contributed by atoms with Crippen molar-refractivity contribution in [3.05, 3.63) is 24.3 Å². The summed E-state index contributed by atoms with van der Waals surface area (Å²) in [6.45, 7) is 0. The van der Waals surface area contributed by atoms with Crippen LogP contribution >= 0.6 is 24.8 Å². The third-order valence-electron chi connectivity index (χ3n) is 1.11. The van der Waals surface area contributed by atoms with Crippen molar-refractivity contribution in [3.63, 3.8) is 0 Å². The highest BCUT2D eigenvalue weighted by Crippen LogP contribution is 2.22. The summed E-state index contributed by atoms with van der Waals surface area (Å²) in [6.07, 6.45) is -4.64. The van der Waals surface area contributed by atoms with Gasteiger partial charge in [-0.3, -0.25) is 0 Å². The summed E-state index contributed by atoms with van der Waals surface area (Å²) in [7, 11) is 0. The Bertz CT molecular complexity index is 263. The van der Waals surface area contributed by atoms with E-state index in [1.807, 2.05) is 0 Å². The summed E-state index contributed by atoms with van der Waals surface area (Å²) in [5.41, 5.74) is 5.65. The van der Waals surface area contributed by atoms with Crippen molar-refractivity contribution in [1.29, 1.82) is 0 Å². The van der Waals surface area contributed by atoms with Crippen LogP contribution in [0.15, 0.2) is 24.3 Å². The lowest BCUT2D eigenvalue weighted by molar-refractivity contribution is -0.274. The second kappa shape index (κ2) is 5.82. The van der Waals surface area contributed by atoms with Crippen molar-refractivity contribution in [1.82, 2.24) is 0 Å². The van der Waals surface area contributed by atoms with Crippen LogP contribution in [0.1, 0.15) is 0 Å². The van der Waals surface area contributed by atoms with Crippen LogP contribution in [0.5, 0.6) is 5.75 Å². The molecule has 0 unspecified atom stereocenters. The van der Waals surface area contributed by atoms with E-state index in [9.17, 15) is 13.2 Å². The fourth-order valence-electron chi connectivity index (χ4n) is 0.669. The monoisotopic (exact) mass is 249 g/mol. The Morgan fingerprint density at radius 1 is 1.00 bits per heavy atom. The van der Waals surface area contributed by atoms with Crippen LogP contribution in [0.25, 0.3) is 0 Å². The molecule has 2 nitrogen and oxygen atoms in total. The highest BCUT2D eigenvalue weighted by Gasteiger charge is 2.30. The number of hydrogen-bond donors (Lipinski definition) is 1. The largest absolute Gasteiger partial charge is 0.573 e. The Balaban J connectivity index is 0. The molecule has 0 aliphatic heterocycles. The number of benzene rings is 1.